The lowest BCUT2D eigenvalue weighted by atomic mass is 10.1. The van der Waals surface area contributed by atoms with Gasteiger partial charge in [0.05, 0.1) is 6.20 Å². The Kier molecular flexibility index (Phi) is 4.46. The van der Waals surface area contributed by atoms with E-state index in [1.807, 2.05) is 12.1 Å². The number of nitrogens with two attached hydrogens (primary N) is 1. The van der Waals surface area contributed by atoms with Gasteiger partial charge in [0.25, 0.3) is 5.89 Å². The Morgan fingerprint density at radius 1 is 1.37 bits per heavy atom. The normalized spacial score (nSPS) is 12.4. The molecule has 6 heteroatoms. The molecule has 0 bridgehead atoms. The molecular weight excluding hydrogens is 244 g/mol. The first-order chi connectivity index (χ1) is 9.17. The van der Waals surface area contributed by atoms with Gasteiger partial charge < -0.3 is 14.9 Å². The fraction of sp³-hybridized carbons (Fsp3) is 0.462. The molecule has 0 spiro atoms. The third kappa shape index (κ3) is 4.03. The average Bonchev–Trinajstić information content (AvgIpc) is 2.83. The quantitative estimate of drug-likeness (QED) is 0.851. The Hall–Kier alpha value is -1.95. The van der Waals surface area contributed by atoms with Gasteiger partial charge in [-0.05, 0) is 18.6 Å². The van der Waals surface area contributed by atoms with Gasteiger partial charge in [-0.3, -0.25) is 4.98 Å². The van der Waals surface area contributed by atoms with Crippen molar-refractivity contribution in [1.82, 2.24) is 15.2 Å². The molecule has 0 fully saturated rings. The SMILES string of the molecule is CCC(N)Cc1ccc(OCc2nnc(C)o2)cn1. The molecule has 0 aliphatic rings. The van der Waals surface area contributed by atoms with Crippen molar-refractivity contribution in [2.24, 2.45) is 5.73 Å². The van der Waals surface area contributed by atoms with Crippen LogP contribution in [0.25, 0.3) is 0 Å². The summed E-state index contributed by atoms with van der Waals surface area (Å²) in [6.07, 6.45) is 3.40. The number of rotatable bonds is 6. The predicted octanol–water partition coefficient (Wildman–Crippen LogP) is 1.63. The Morgan fingerprint density at radius 3 is 2.79 bits per heavy atom. The minimum atomic E-state index is 0.153. The fourth-order valence-corrected chi connectivity index (χ4v) is 1.57. The topological polar surface area (TPSA) is 87.1 Å². The third-order valence-corrected chi connectivity index (χ3v) is 2.72. The summed E-state index contributed by atoms with van der Waals surface area (Å²) in [6.45, 7) is 4.05. The van der Waals surface area contributed by atoms with Crippen LogP contribution in [0, 0.1) is 6.92 Å². The molecule has 2 N–H and O–H groups in total. The van der Waals surface area contributed by atoms with Gasteiger partial charge in [0, 0.05) is 25.1 Å². The summed E-state index contributed by atoms with van der Waals surface area (Å²) in [4.78, 5) is 4.31. The van der Waals surface area contributed by atoms with Gasteiger partial charge in [-0.1, -0.05) is 6.92 Å². The second kappa shape index (κ2) is 6.29. The largest absolute Gasteiger partial charge is 0.482 e. The molecule has 0 aliphatic carbocycles. The minimum absolute atomic E-state index is 0.153. The number of aryl methyl sites for hydroxylation is 1. The molecule has 19 heavy (non-hydrogen) atoms. The third-order valence-electron chi connectivity index (χ3n) is 2.72. The number of hydrogen-bond donors (Lipinski definition) is 1. The summed E-state index contributed by atoms with van der Waals surface area (Å²) in [5.74, 6) is 1.65. The zero-order valence-corrected chi connectivity index (χ0v) is 11.2. The monoisotopic (exact) mass is 262 g/mol. The number of ether oxygens (including phenoxy) is 1. The van der Waals surface area contributed by atoms with Crippen LogP contribution in [0.3, 0.4) is 0 Å². The summed E-state index contributed by atoms with van der Waals surface area (Å²) in [5.41, 5.74) is 6.85. The minimum Gasteiger partial charge on any atom is -0.482 e. The van der Waals surface area contributed by atoms with Crippen molar-refractivity contribution in [3.05, 3.63) is 35.8 Å². The maximum Gasteiger partial charge on any atom is 0.253 e. The predicted molar refractivity (Wildman–Crippen MR) is 69.6 cm³/mol. The van der Waals surface area contributed by atoms with Crippen molar-refractivity contribution in [1.29, 1.82) is 0 Å². The van der Waals surface area contributed by atoms with Gasteiger partial charge in [-0.25, -0.2) is 0 Å². The van der Waals surface area contributed by atoms with Crippen molar-refractivity contribution >= 4 is 0 Å². The van der Waals surface area contributed by atoms with Crippen LogP contribution in [-0.4, -0.2) is 21.2 Å². The van der Waals surface area contributed by atoms with Gasteiger partial charge in [0.1, 0.15) is 5.75 Å². The van der Waals surface area contributed by atoms with Crippen molar-refractivity contribution < 1.29 is 9.15 Å². The lowest BCUT2D eigenvalue weighted by molar-refractivity contribution is 0.259. The molecule has 6 nitrogen and oxygen atoms in total. The van der Waals surface area contributed by atoms with E-state index in [1.165, 1.54) is 0 Å². The van der Waals surface area contributed by atoms with Crippen molar-refractivity contribution in [3.8, 4) is 5.75 Å². The number of pyridine rings is 1. The Balaban J connectivity index is 1.88. The highest BCUT2D eigenvalue weighted by Gasteiger charge is 2.05. The molecule has 2 aromatic heterocycles. The van der Waals surface area contributed by atoms with Crippen LogP contribution < -0.4 is 10.5 Å². The molecule has 2 heterocycles. The standard InChI is InChI=1S/C13H18N4O2/c1-3-10(14)6-11-4-5-12(7-15-11)18-8-13-17-16-9(2)19-13/h4-5,7,10H,3,6,8,14H2,1-2H3. The van der Waals surface area contributed by atoms with Crippen LogP contribution >= 0.6 is 0 Å². The van der Waals surface area contributed by atoms with E-state index in [2.05, 4.69) is 22.1 Å². The molecule has 0 aromatic carbocycles. The molecule has 2 rings (SSSR count). The molecular formula is C13H18N4O2. The first kappa shape index (κ1) is 13.5. The number of hydrogen-bond acceptors (Lipinski definition) is 6. The molecule has 1 atom stereocenters. The Morgan fingerprint density at radius 2 is 2.21 bits per heavy atom. The van der Waals surface area contributed by atoms with Crippen LogP contribution in [0.5, 0.6) is 5.75 Å². The Bertz CT molecular complexity index is 510. The van der Waals surface area contributed by atoms with E-state index in [9.17, 15) is 0 Å². The fourth-order valence-electron chi connectivity index (χ4n) is 1.57. The van der Waals surface area contributed by atoms with Crippen molar-refractivity contribution in [2.45, 2.75) is 39.3 Å². The van der Waals surface area contributed by atoms with Crippen molar-refractivity contribution in [2.75, 3.05) is 0 Å². The lowest BCUT2D eigenvalue weighted by Crippen LogP contribution is -2.21. The first-order valence-electron chi connectivity index (χ1n) is 6.29. The van der Waals surface area contributed by atoms with E-state index in [0.717, 1.165) is 18.5 Å². The molecule has 0 amide bonds. The van der Waals surface area contributed by atoms with Crippen LogP contribution in [0.15, 0.2) is 22.7 Å². The van der Waals surface area contributed by atoms with Crippen molar-refractivity contribution in [3.63, 3.8) is 0 Å². The van der Waals surface area contributed by atoms with E-state index in [1.54, 1.807) is 13.1 Å². The van der Waals surface area contributed by atoms with Crippen LogP contribution in [-0.2, 0) is 13.0 Å². The summed E-state index contributed by atoms with van der Waals surface area (Å²) < 4.78 is 10.7. The Labute approximate surface area is 112 Å². The average molecular weight is 262 g/mol. The molecule has 2 aromatic rings. The highest BCUT2D eigenvalue weighted by Crippen LogP contribution is 2.12. The number of nitrogens with zero attached hydrogens (tertiary/aromatic N) is 3. The second-order valence-corrected chi connectivity index (χ2v) is 4.36. The zero-order chi connectivity index (χ0) is 13.7. The highest BCUT2D eigenvalue weighted by atomic mass is 16.5. The van der Waals surface area contributed by atoms with Gasteiger partial charge in [-0.2, -0.15) is 0 Å². The van der Waals surface area contributed by atoms with Crippen LogP contribution in [0.2, 0.25) is 0 Å². The van der Waals surface area contributed by atoms with E-state index < -0.39 is 0 Å². The first-order valence-corrected chi connectivity index (χ1v) is 6.29. The lowest BCUT2D eigenvalue weighted by Gasteiger charge is -2.08. The van der Waals surface area contributed by atoms with Crippen LogP contribution in [0.1, 0.15) is 30.8 Å². The number of aromatic nitrogens is 3. The summed E-state index contributed by atoms with van der Waals surface area (Å²) in [6, 6.07) is 3.94. The van der Waals surface area contributed by atoms with Crippen LogP contribution in [0.4, 0.5) is 0 Å². The maximum absolute atomic E-state index is 5.88. The second-order valence-electron chi connectivity index (χ2n) is 4.36. The van der Waals surface area contributed by atoms with Gasteiger partial charge in [0.2, 0.25) is 5.89 Å². The summed E-state index contributed by atoms with van der Waals surface area (Å²) in [5, 5.41) is 7.58. The smallest absolute Gasteiger partial charge is 0.253 e. The van der Waals surface area contributed by atoms with Gasteiger partial charge in [-0.15, -0.1) is 10.2 Å². The molecule has 0 saturated heterocycles. The maximum atomic E-state index is 5.88. The van der Waals surface area contributed by atoms with E-state index in [0.29, 0.717) is 17.5 Å². The molecule has 1 unspecified atom stereocenters. The van der Waals surface area contributed by atoms with E-state index in [4.69, 9.17) is 14.9 Å². The molecule has 0 radical (unpaired) electrons. The zero-order valence-electron chi connectivity index (χ0n) is 11.2. The highest BCUT2D eigenvalue weighted by molar-refractivity contribution is 5.20. The molecule has 0 saturated carbocycles. The molecule has 0 aliphatic heterocycles. The van der Waals surface area contributed by atoms with Gasteiger partial charge >= 0.3 is 0 Å². The van der Waals surface area contributed by atoms with E-state index in [-0.39, 0.29) is 12.6 Å². The summed E-state index contributed by atoms with van der Waals surface area (Å²) >= 11 is 0. The van der Waals surface area contributed by atoms with E-state index >= 15 is 0 Å². The summed E-state index contributed by atoms with van der Waals surface area (Å²) in [7, 11) is 0. The molecule has 102 valence electrons. The van der Waals surface area contributed by atoms with Gasteiger partial charge in [0.15, 0.2) is 6.61 Å².